The maximum atomic E-state index is 13.1. The Morgan fingerprint density at radius 3 is 2.80 bits per heavy atom. The molecule has 0 heterocycles. The predicted molar refractivity (Wildman–Crippen MR) is 64.0 cm³/mol. The molecule has 0 spiro atoms. The van der Waals surface area contributed by atoms with Gasteiger partial charge in [-0.1, -0.05) is 28.8 Å². The topological polar surface area (TPSA) is 12.0 Å². The van der Waals surface area contributed by atoms with Gasteiger partial charge in [-0.2, -0.15) is 0 Å². The highest BCUT2D eigenvalue weighted by atomic mass is 79.9. The molecule has 15 heavy (non-hydrogen) atoms. The van der Waals surface area contributed by atoms with Crippen molar-refractivity contribution in [3.05, 3.63) is 34.1 Å². The molecule has 0 saturated carbocycles. The Labute approximate surface area is 98.2 Å². The zero-order chi connectivity index (χ0) is 11.3. The van der Waals surface area contributed by atoms with E-state index in [1.54, 1.807) is 0 Å². The van der Waals surface area contributed by atoms with Crippen molar-refractivity contribution in [1.82, 2.24) is 5.32 Å². The monoisotopic (exact) mass is 269 g/mol. The number of terminal acetylenes is 1. The van der Waals surface area contributed by atoms with Crippen LogP contribution in [0.5, 0.6) is 0 Å². The SMILES string of the molecule is C#CC(NCCC)c1cc(F)cc(Br)c1. The maximum absolute atomic E-state index is 13.1. The molecule has 0 aliphatic carbocycles. The predicted octanol–water partition coefficient (Wildman–Crippen LogP) is 3.26. The van der Waals surface area contributed by atoms with Crippen molar-refractivity contribution in [3.63, 3.8) is 0 Å². The number of hydrogen-bond acceptors (Lipinski definition) is 1. The summed E-state index contributed by atoms with van der Waals surface area (Å²) in [5.74, 6) is 2.33. The molecule has 1 unspecified atom stereocenters. The normalized spacial score (nSPS) is 12.1. The van der Waals surface area contributed by atoms with Gasteiger partial charge in [0.1, 0.15) is 5.82 Å². The van der Waals surface area contributed by atoms with E-state index in [2.05, 4.69) is 34.1 Å². The van der Waals surface area contributed by atoms with Crippen LogP contribution in [0.2, 0.25) is 0 Å². The van der Waals surface area contributed by atoms with Gasteiger partial charge in [-0.3, -0.25) is 0 Å². The van der Waals surface area contributed by atoms with Crippen LogP contribution in [0.15, 0.2) is 22.7 Å². The van der Waals surface area contributed by atoms with Gasteiger partial charge >= 0.3 is 0 Å². The first kappa shape index (κ1) is 12.2. The first-order chi connectivity index (χ1) is 7.17. The summed E-state index contributed by atoms with van der Waals surface area (Å²) in [5.41, 5.74) is 0.776. The summed E-state index contributed by atoms with van der Waals surface area (Å²) in [5, 5.41) is 3.17. The summed E-state index contributed by atoms with van der Waals surface area (Å²) in [7, 11) is 0. The second kappa shape index (κ2) is 5.89. The fraction of sp³-hybridized carbons (Fsp3) is 0.333. The third kappa shape index (κ3) is 3.65. The van der Waals surface area contributed by atoms with E-state index in [0.717, 1.165) is 18.5 Å². The number of benzene rings is 1. The van der Waals surface area contributed by atoms with E-state index in [-0.39, 0.29) is 11.9 Å². The number of hydrogen-bond donors (Lipinski definition) is 1. The van der Waals surface area contributed by atoms with E-state index in [0.29, 0.717) is 4.47 Å². The molecule has 1 atom stereocenters. The zero-order valence-electron chi connectivity index (χ0n) is 8.56. The second-order valence-electron chi connectivity index (χ2n) is 3.26. The Morgan fingerprint density at radius 1 is 1.53 bits per heavy atom. The average molecular weight is 270 g/mol. The molecule has 0 saturated heterocycles. The second-order valence-corrected chi connectivity index (χ2v) is 4.17. The Kier molecular flexibility index (Phi) is 4.80. The van der Waals surface area contributed by atoms with Crippen LogP contribution in [0.4, 0.5) is 4.39 Å². The van der Waals surface area contributed by atoms with E-state index in [4.69, 9.17) is 6.42 Å². The van der Waals surface area contributed by atoms with Gasteiger partial charge in [0.15, 0.2) is 0 Å². The molecule has 0 amide bonds. The van der Waals surface area contributed by atoms with E-state index in [1.807, 2.05) is 6.07 Å². The Hall–Kier alpha value is -0.850. The Morgan fingerprint density at radius 2 is 2.27 bits per heavy atom. The zero-order valence-corrected chi connectivity index (χ0v) is 10.1. The van der Waals surface area contributed by atoms with E-state index in [1.165, 1.54) is 12.1 Å². The van der Waals surface area contributed by atoms with Crippen molar-refractivity contribution in [3.8, 4) is 12.3 Å². The van der Waals surface area contributed by atoms with E-state index >= 15 is 0 Å². The fourth-order valence-corrected chi connectivity index (χ4v) is 1.79. The highest BCUT2D eigenvalue weighted by molar-refractivity contribution is 9.10. The first-order valence-electron chi connectivity index (χ1n) is 4.83. The van der Waals surface area contributed by atoms with Crippen LogP contribution < -0.4 is 5.32 Å². The minimum absolute atomic E-state index is 0.225. The lowest BCUT2D eigenvalue weighted by molar-refractivity contribution is 0.603. The fourth-order valence-electron chi connectivity index (χ4n) is 1.30. The van der Waals surface area contributed by atoms with Crippen molar-refractivity contribution < 1.29 is 4.39 Å². The van der Waals surface area contributed by atoms with E-state index < -0.39 is 0 Å². The molecule has 0 fully saturated rings. The summed E-state index contributed by atoms with van der Waals surface area (Å²) in [6.45, 7) is 2.88. The molecule has 0 aliphatic rings. The van der Waals surface area contributed by atoms with Gasteiger partial charge in [0.05, 0.1) is 6.04 Å². The molecular formula is C12H13BrFN. The Bertz CT molecular complexity index is 350. The van der Waals surface area contributed by atoms with Gasteiger partial charge in [-0.05, 0) is 36.7 Å². The van der Waals surface area contributed by atoms with Crippen LogP contribution >= 0.6 is 15.9 Å². The molecule has 0 bridgehead atoms. The molecule has 80 valence electrons. The highest BCUT2D eigenvalue weighted by Gasteiger charge is 2.08. The maximum Gasteiger partial charge on any atom is 0.124 e. The van der Waals surface area contributed by atoms with Crippen LogP contribution in [0.1, 0.15) is 24.9 Å². The number of rotatable bonds is 4. The lowest BCUT2D eigenvalue weighted by atomic mass is 10.1. The third-order valence-corrected chi connectivity index (χ3v) is 2.44. The summed E-state index contributed by atoms with van der Waals surface area (Å²) < 4.78 is 13.8. The summed E-state index contributed by atoms with van der Waals surface area (Å²) in [6, 6.07) is 4.47. The van der Waals surface area contributed by atoms with Gasteiger partial charge in [0, 0.05) is 4.47 Å². The molecular weight excluding hydrogens is 257 g/mol. The van der Waals surface area contributed by atoms with Gasteiger partial charge in [0.25, 0.3) is 0 Å². The van der Waals surface area contributed by atoms with Gasteiger partial charge in [-0.15, -0.1) is 6.42 Å². The van der Waals surface area contributed by atoms with Gasteiger partial charge in [0.2, 0.25) is 0 Å². The minimum atomic E-state index is -0.280. The van der Waals surface area contributed by atoms with Crippen molar-refractivity contribution in [2.45, 2.75) is 19.4 Å². The molecule has 0 radical (unpaired) electrons. The molecule has 1 aromatic carbocycles. The van der Waals surface area contributed by atoms with E-state index in [9.17, 15) is 4.39 Å². The third-order valence-electron chi connectivity index (χ3n) is 1.98. The lowest BCUT2D eigenvalue weighted by Gasteiger charge is -2.13. The van der Waals surface area contributed by atoms with Gasteiger partial charge < -0.3 is 5.32 Å². The number of nitrogens with one attached hydrogen (secondary N) is 1. The number of halogens is 2. The van der Waals surface area contributed by atoms with Crippen LogP contribution in [0.3, 0.4) is 0 Å². The molecule has 1 rings (SSSR count). The van der Waals surface area contributed by atoms with Crippen molar-refractivity contribution in [2.75, 3.05) is 6.54 Å². The Balaban J connectivity index is 2.87. The molecule has 3 heteroatoms. The lowest BCUT2D eigenvalue weighted by Crippen LogP contribution is -2.20. The van der Waals surface area contributed by atoms with Crippen LogP contribution in [-0.4, -0.2) is 6.54 Å². The summed E-state index contributed by atoms with van der Waals surface area (Å²) in [4.78, 5) is 0. The molecule has 1 N–H and O–H groups in total. The average Bonchev–Trinajstić information content (AvgIpc) is 2.17. The molecule has 0 aliphatic heterocycles. The van der Waals surface area contributed by atoms with Crippen molar-refractivity contribution in [2.24, 2.45) is 0 Å². The summed E-state index contributed by atoms with van der Waals surface area (Å²) >= 11 is 3.24. The highest BCUT2D eigenvalue weighted by Crippen LogP contribution is 2.20. The molecule has 1 nitrogen and oxygen atoms in total. The van der Waals surface area contributed by atoms with Gasteiger partial charge in [-0.25, -0.2) is 4.39 Å². The first-order valence-corrected chi connectivity index (χ1v) is 5.62. The van der Waals surface area contributed by atoms with Crippen LogP contribution in [0, 0.1) is 18.2 Å². The standard InChI is InChI=1S/C12H13BrFN/c1-3-5-15-12(4-2)9-6-10(13)8-11(14)7-9/h2,6-8,12,15H,3,5H2,1H3. The minimum Gasteiger partial charge on any atom is -0.300 e. The quantitative estimate of drug-likeness (QED) is 0.828. The van der Waals surface area contributed by atoms with Crippen LogP contribution in [-0.2, 0) is 0 Å². The smallest absolute Gasteiger partial charge is 0.124 e. The molecule has 0 aromatic heterocycles. The van der Waals surface area contributed by atoms with Crippen molar-refractivity contribution >= 4 is 15.9 Å². The van der Waals surface area contributed by atoms with Crippen LogP contribution in [0.25, 0.3) is 0 Å². The largest absolute Gasteiger partial charge is 0.300 e. The summed E-state index contributed by atoms with van der Waals surface area (Å²) in [6.07, 6.45) is 6.39. The molecule has 1 aromatic rings. The van der Waals surface area contributed by atoms with Crippen molar-refractivity contribution in [1.29, 1.82) is 0 Å².